The van der Waals surface area contributed by atoms with Crippen molar-refractivity contribution < 1.29 is 23.9 Å². The molecule has 326 valence electrons. The molecule has 0 radical (unpaired) electrons. The van der Waals surface area contributed by atoms with Crippen LogP contribution in [0.25, 0.3) is 10.8 Å². The molecule has 0 spiro atoms. The van der Waals surface area contributed by atoms with E-state index in [0.717, 1.165) is 42.9 Å². The normalized spacial score (nSPS) is 13.6. The Labute approximate surface area is 349 Å². The number of hydrogen-bond donors (Lipinski definition) is 3. The molecule has 1 unspecified atom stereocenters. The summed E-state index contributed by atoms with van der Waals surface area (Å²) in [6.07, 6.45) is 19.6. The first kappa shape index (κ1) is 59.7. The molecule has 2 aromatic rings. The third kappa shape index (κ3) is 23.1. The van der Waals surface area contributed by atoms with Gasteiger partial charge in [-0.25, -0.2) is 4.98 Å². The Balaban J connectivity index is -0.000000506. The number of amides is 2. The average molecular weight is 797 g/mol. The maximum absolute atomic E-state index is 11.9. The number of carbonyl (C=O) groups is 4. The molecule has 4 N–H and O–H groups in total. The number of terminal acetylenes is 1. The van der Waals surface area contributed by atoms with Gasteiger partial charge in [0.2, 0.25) is 12.3 Å². The van der Waals surface area contributed by atoms with Crippen LogP contribution in [-0.4, -0.2) is 54.6 Å². The zero-order chi connectivity index (χ0) is 45.2. The van der Waals surface area contributed by atoms with E-state index in [9.17, 15) is 14.4 Å². The van der Waals surface area contributed by atoms with Gasteiger partial charge in [0.15, 0.2) is 5.78 Å². The highest BCUT2D eigenvalue weighted by atomic mass is 16.5. The summed E-state index contributed by atoms with van der Waals surface area (Å²) < 4.78 is 6.52. The van der Waals surface area contributed by atoms with Crippen molar-refractivity contribution in [2.75, 3.05) is 7.05 Å². The number of pyridine rings is 1. The van der Waals surface area contributed by atoms with Crippen molar-refractivity contribution in [3.63, 3.8) is 0 Å². The van der Waals surface area contributed by atoms with Gasteiger partial charge in [0, 0.05) is 23.5 Å². The Kier molecular flexibility index (Phi) is 36.8. The van der Waals surface area contributed by atoms with Crippen LogP contribution in [0, 0.1) is 36.5 Å². The highest BCUT2D eigenvalue weighted by Crippen LogP contribution is 2.35. The molecule has 57 heavy (non-hydrogen) atoms. The molecule has 9 nitrogen and oxygen atoms in total. The molecule has 1 aromatic heterocycles. The van der Waals surface area contributed by atoms with E-state index in [1.807, 2.05) is 54.5 Å². The third-order valence-electron chi connectivity index (χ3n) is 9.19. The molecule has 1 saturated carbocycles. The lowest BCUT2D eigenvalue weighted by Gasteiger charge is -2.37. The van der Waals surface area contributed by atoms with E-state index in [4.69, 9.17) is 16.0 Å². The van der Waals surface area contributed by atoms with Gasteiger partial charge >= 0.3 is 0 Å². The number of aryl methyl sites for hydroxylation is 2. The van der Waals surface area contributed by atoms with E-state index < -0.39 is 5.54 Å². The highest BCUT2D eigenvalue weighted by Gasteiger charge is 2.41. The number of ketones is 1. The van der Waals surface area contributed by atoms with Crippen molar-refractivity contribution in [2.24, 2.45) is 23.0 Å². The summed E-state index contributed by atoms with van der Waals surface area (Å²) in [5, 5.41) is 7.85. The van der Waals surface area contributed by atoms with Gasteiger partial charge in [-0.3, -0.25) is 14.4 Å². The van der Waals surface area contributed by atoms with E-state index in [0.29, 0.717) is 18.7 Å². The van der Waals surface area contributed by atoms with Crippen LogP contribution >= 0.6 is 0 Å². The Morgan fingerprint density at radius 2 is 1.61 bits per heavy atom. The van der Waals surface area contributed by atoms with Gasteiger partial charge in [-0.1, -0.05) is 114 Å². The standard InChI is InChI=1S/C30H44N2O2.C10H15NO2.3C2H6.CH5N.CH2O/c1-9-12-13-14-15-23-20-26-24(18-21(23)4)16-17-31-29(26)34-25(10-2)19-22(5)28(30(6,7)8)32-27(33)11-3;1-3-6-10(2,11-7-12)9(13)8-4-5-8;5*1-2/h3,16-18,20,22,25,28H,9-10,12-15,19H2,1-2,4-8H3,(H,32,33);3,7-8H,1,4-6H2,2H3,(H,11,12);3*1-2H3;2H2,1H3;1H2/t22?,25-,28+;10-;;;;;/m01...../s1. The van der Waals surface area contributed by atoms with Gasteiger partial charge in [-0.05, 0) is 112 Å². The van der Waals surface area contributed by atoms with Crippen molar-refractivity contribution in [2.45, 2.75) is 179 Å². The first-order valence-corrected chi connectivity index (χ1v) is 21.3. The van der Waals surface area contributed by atoms with Crippen LogP contribution < -0.4 is 21.1 Å². The minimum atomic E-state index is -0.731. The summed E-state index contributed by atoms with van der Waals surface area (Å²) >= 11 is 0. The molecule has 1 aliphatic rings. The second-order valence-electron chi connectivity index (χ2n) is 14.5. The van der Waals surface area contributed by atoms with E-state index in [-0.39, 0.29) is 41.1 Å². The fraction of sp³-hybridized carbons (Fsp3) is 0.646. The topological polar surface area (TPSA) is 140 Å². The molecular formula is C48H84N4O5. The lowest BCUT2D eigenvalue weighted by atomic mass is 9.77. The van der Waals surface area contributed by atoms with Gasteiger partial charge in [0.25, 0.3) is 5.91 Å². The second kappa shape index (κ2) is 35.2. The number of carbonyl (C=O) groups excluding carboxylic acids is 4. The van der Waals surface area contributed by atoms with E-state index in [1.165, 1.54) is 43.9 Å². The van der Waals surface area contributed by atoms with Crippen molar-refractivity contribution in [3.05, 3.63) is 48.2 Å². The zero-order valence-electron chi connectivity index (χ0n) is 38.9. The summed E-state index contributed by atoms with van der Waals surface area (Å²) in [6, 6.07) is 6.55. The molecule has 0 aliphatic heterocycles. The lowest BCUT2D eigenvalue weighted by molar-refractivity contribution is -0.128. The van der Waals surface area contributed by atoms with Crippen LogP contribution in [0.2, 0.25) is 0 Å². The molecule has 3 rings (SSSR count). The van der Waals surface area contributed by atoms with Gasteiger partial charge in [-0.2, -0.15) is 0 Å². The summed E-state index contributed by atoms with van der Waals surface area (Å²) in [4.78, 5) is 46.7. The summed E-state index contributed by atoms with van der Waals surface area (Å²) in [5.41, 5.74) is 6.36. The van der Waals surface area contributed by atoms with Crippen LogP contribution in [0.5, 0.6) is 5.88 Å². The number of aromatic nitrogens is 1. The number of ether oxygens (including phenoxy) is 1. The smallest absolute Gasteiger partial charge is 0.295 e. The predicted molar refractivity (Wildman–Crippen MR) is 244 cm³/mol. The molecule has 1 aliphatic carbocycles. The Morgan fingerprint density at radius 1 is 1.04 bits per heavy atom. The first-order chi connectivity index (χ1) is 27.2. The minimum Gasteiger partial charge on any atom is -0.474 e. The quantitative estimate of drug-likeness (QED) is 0.0590. The maximum Gasteiger partial charge on any atom is 0.295 e. The van der Waals surface area contributed by atoms with Crippen LogP contribution in [-0.2, 0) is 25.6 Å². The van der Waals surface area contributed by atoms with Gasteiger partial charge in [-0.15, -0.1) is 13.0 Å². The van der Waals surface area contributed by atoms with Crippen LogP contribution in [0.4, 0.5) is 0 Å². The lowest BCUT2D eigenvalue weighted by Crippen LogP contribution is -2.49. The molecular weight excluding hydrogens is 713 g/mol. The van der Waals surface area contributed by atoms with Crippen molar-refractivity contribution in [3.8, 4) is 18.2 Å². The zero-order valence-corrected chi connectivity index (χ0v) is 38.9. The second-order valence-corrected chi connectivity index (χ2v) is 14.5. The van der Waals surface area contributed by atoms with Crippen LogP contribution in [0.3, 0.4) is 0 Å². The number of unbranched alkanes of at least 4 members (excludes halogenated alkanes) is 3. The van der Waals surface area contributed by atoms with Gasteiger partial charge < -0.3 is 25.9 Å². The largest absolute Gasteiger partial charge is 0.474 e. The molecule has 9 heteroatoms. The molecule has 0 bridgehead atoms. The van der Waals surface area contributed by atoms with E-state index >= 15 is 0 Å². The summed E-state index contributed by atoms with van der Waals surface area (Å²) in [7, 11) is 1.50. The number of hydrogen-bond acceptors (Lipinski definition) is 7. The number of rotatable bonds is 18. The minimum absolute atomic E-state index is 0.00463. The SMILES string of the molecule is C#CC(=O)N[C@H](C(C)C[C@H](CC)Oc1nccc2cc(C)c(CCCCCC)cc12)C(C)(C)C.C=CC[C@@](C)(NC=O)C(=O)C1CC1.C=O.CC.CC.CC.CN. The Morgan fingerprint density at radius 3 is 2.07 bits per heavy atom. The highest BCUT2D eigenvalue weighted by molar-refractivity contribution is 5.93. The van der Waals surface area contributed by atoms with Crippen LogP contribution in [0.1, 0.15) is 159 Å². The molecule has 1 heterocycles. The number of Topliss-reactive ketones (excluding diaryl/α,β-unsaturated/α-hetero) is 1. The first-order valence-electron chi connectivity index (χ1n) is 21.3. The van der Waals surface area contributed by atoms with E-state index in [1.54, 1.807) is 13.0 Å². The molecule has 0 saturated heterocycles. The van der Waals surface area contributed by atoms with Crippen LogP contribution in [0.15, 0.2) is 37.1 Å². The summed E-state index contributed by atoms with van der Waals surface area (Å²) in [6.45, 7) is 34.5. The fourth-order valence-electron chi connectivity index (χ4n) is 6.31. The third-order valence-corrected chi connectivity index (χ3v) is 9.19. The molecule has 4 atom stereocenters. The summed E-state index contributed by atoms with van der Waals surface area (Å²) in [5.74, 6) is 3.02. The van der Waals surface area contributed by atoms with Gasteiger partial charge in [0.05, 0.1) is 5.54 Å². The van der Waals surface area contributed by atoms with Gasteiger partial charge in [0.1, 0.15) is 12.9 Å². The Bertz CT molecular complexity index is 1400. The molecule has 2 amide bonds. The van der Waals surface area contributed by atoms with Crippen molar-refractivity contribution in [1.29, 1.82) is 0 Å². The fourth-order valence-corrected chi connectivity index (χ4v) is 6.31. The average Bonchev–Trinajstić information content (AvgIpc) is 4.08. The van der Waals surface area contributed by atoms with Crippen molar-refractivity contribution in [1.82, 2.24) is 15.6 Å². The number of benzene rings is 1. The number of nitrogens with one attached hydrogen (secondary N) is 2. The van der Waals surface area contributed by atoms with Crippen molar-refractivity contribution >= 4 is 35.7 Å². The predicted octanol–water partition coefficient (Wildman–Crippen LogP) is 10.5. The number of nitrogens with zero attached hydrogens (tertiary/aromatic N) is 1. The Hall–Kier alpha value is -4.03. The monoisotopic (exact) mass is 797 g/mol. The molecule has 1 fully saturated rings. The van der Waals surface area contributed by atoms with E-state index in [2.05, 4.69) is 101 Å². The number of fused-ring (bicyclic) bond motifs is 1. The maximum atomic E-state index is 11.9. The molecule has 1 aromatic carbocycles. The number of nitrogens with two attached hydrogens (primary N) is 1.